The lowest BCUT2D eigenvalue weighted by Gasteiger charge is -2.35. The molecular formula is C15H21ClN4O5S. The number of amides is 1. The molecule has 0 saturated carbocycles. The fourth-order valence-electron chi connectivity index (χ4n) is 3.24. The van der Waals surface area contributed by atoms with Crippen molar-refractivity contribution in [1.82, 2.24) is 14.5 Å². The quantitative estimate of drug-likeness (QED) is 0.576. The van der Waals surface area contributed by atoms with Crippen molar-refractivity contribution < 1.29 is 18.1 Å². The fraction of sp³-hybridized carbons (Fsp3) is 0.533. The van der Waals surface area contributed by atoms with Crippen LogP contribution in [-0.2, 0) is 14.8 Å². The molecule has 1 amide bonds. The molecule has 26 heavy (non-hydrogen) atoms. The molecule has 3 rings (SSSR count). The second-order valence-corrected chi connectivity index (χ2v) is 8.05. The van der Waals surface area contributed by atoms with Crippen LogP contribution < -0.4 is 5.32 Å². The van der Waals surface area contributed by atoms with Gasteiger partial charge in [0.25, 0.3) is 5.69 Å². The molecular weight excluding hydrogens is 384 g/mol. The monoisotopic (exact) mass is 404 g/mol. The number of rotatable bonds is 4. The first kappa shape index (κ1) is 20.6. The lowest BCUT2D eigenvalue weighted by atomic mass is 10.1. The molecule has 9 nitrogen and oxygen atoms in total. The Morgan fingerprint density at radius 1 is 1.19 bits per heavy atom. The average Bonchev–Trinajstić information content (AvgIpc) is 3.16. The molecule has 0 radical (unpaired) electrons. The molecule has 2 aliphatic heterocycles. The highest BCUT2D eigenvalue weighted by Gasteiger charge is 2.36. The number of hydrogen-bond donors (Lipinski definition) is 1. The Balaban J connectivity index is 0.00000243. The van der Waals surface area contributed by atoms with Crippen LogP contribution in [0, 0.1) is 16.0 Å². The van der Waals surface area contributed by atoms with Gasteiger partial charge in [-0.15, -0.1) is 12.4 Å². The van der Waals surface area contributed by atoms with Gasteiger partial charge in [0.15, 0.2) is 4.90 Å². The van der Waals surface area contributed by atoms with Crippen LogP contribution in [0.5, 0.6) is 0 Å². The van der Waals surface area contributed by atoms with Crippen molar-refractivity contribution in [2.24, 2.45) is 5.92 Å². The molecule has 1 N–H and O–H groups in total. The van der Waals surface area contributed by atoms with E-state index in [2.05, 4.69) is 5.32 Å². The van der Waals surface area contributed by atoms with Gasteiger partial charge in [-0.1, -0.05) is 12.1 Å². The van der Waals surface area contributed by atoms with E-state index in [4.69, 9.17) is 0 Å². The maximum Gasteiger partial charge on any atom is 0.289 e. The molecule has 2 aliphatic rings. The van der Waals surface area contributed by atoms with Crippen molar-refractivity contribution in [3.63, 3.8) is 0 Å². The zero-order valence-electron chi connectivity index (χ0n) is 14.0. The van der Waals surface area contributed by atoms with Crippen LogP contribution in [0.3, 0.4) is 0 Å². The van der Waals surface area contributed by atoms with Crippen LogP contribution in [-0.4, -0.2) is 67.7 Å². The van der Waals surface area contributed by atoms with Crippen LogP contribution >= 0.6 is 12.4 Å². The molecule has 2 heterocycles. The largest absolute Gasteiger partial charge is 0.340 e. The topological polar surface area (TPSA) is 113 Å². The van der Waals surface area contributed by atoms with Gasteiger partial charge in [-0.3, -0.25) is 14.9 Å². The van der Waals surface area contributed by atoms with Gasteiger partial charge in [-0.05, 0) is 19.0 Å². The Bertz CT molecular complexity index is 774. The zero-order chi connectivity index (χ0) is 18.0. The summed E-state index contributed by atoms with van der Waals surface area (Å²) in [6.45, 7) is 2.36. The first-order chi connectivity index (χ1) is 11.9. The molecule has 2 fully saturated rings. The second kappa shape index (κ2) is 8.30. The predicted molar refractivity (Wildman–Crippen MR) is 96.7 cm³/mol. The highest BCUT2D eigenvalue weighted by Crippen LogP contribution is 2.27. The summed E-state index contributed by atoms with van der Waals surface area (Å²) in [5.41, 5.74) is -0.432. The second-order valence-electron chi connectivity index (χ2n) is 6.14. The van der Waals surface area contributed by atoms with E-state index in [0.29, 0.717) is 19.6 Å². The predicted octanol–water partition coefficient (Wildman–Crippen LogP) is 0.459. The van der Waals surface area contributed by atoms with Gasteiger partial charge in [-0.2, -0.15) is 4.31 Å². The molecule has 11 heteroatoms. The third kappa shape index (κ3) is 3.98. The summed E-state index contributed by atoms with van der Waals surface area (Å²) in [6.07, 6.45) is 0.799. The van der Waals surface area contributed by atoms with Crippen LogP contribution in [0.2, 0.25) is 0 Å². The summed E-state index contributed by atoms with van der Waals surface area (Å²) in [5.74, 6) is 0.00566. The lowest BCUT2D eigenvalue weighted by Crippen LogP contribution is -2.52. The number of hydrogen-bond acceptors (Lipinski definition) is 6. The Kier molecular flexibility index (Phi) is 6.56. The average molecular weight is 405 g/mol. The van der Waals surface area contributed by atoms with Crippen molar-refractivity contribution >= 4 is 34.0 Å². The van der Waals surface area contributed by atoms with E-state index in [1.165, 1.54) is 28.6 Å². The number of nitrogens with one attached hydrogen (secondary N) is 1. The molecule has 0 spiro atoms. The first-order valence-electron chi connectivity index (χ1n) is 8.14. The number of carbonyl (C=O) groups excluding carboxylic acids is 1. The van der Waals surface area contributed by atoms with E-state index in [9.17, 15) is 23.3 Å². The number of para-hydroxylation sites is 1. The van der Waals surface area contributed by atoms with Crippen LogP contribution in [0.4, 0.5) is 5.69 Å². The molecule has 144 valence electrons. The summed E-state index contributed by atoms with van der Waals surface area (Å²) in [6, 6.07) is 5.32. The van der Waals surface area contributed by atoms with Gasteiger partial charge in [0, 0.05) is 38.8 Å². The molecule has 1 unspecified atom stereocenters. The summed E-state index contributed by atoms with van der Waals surface area (Å²) in [4.78, 5) is 24.2. The van der Waals surface area contributed by atoms with Gasteiger partial charge in [0.1, 0.15) is 0 Å². The number of nitro groups is 1. The molecule has 0 bridgehead atoms. The molecule has 1 aromatic rings. The number of piperazine rings is 1. The Labute approximate surface area is 158 Å². The summed E-state index contributed by atoms with van der Waals surface area (Å²) in [5, 5.41) is 14.2. The molecule has 1 atom stereocenters. The van der Waals surface area contributed by atoms with Gasteiger partial charge >= 0.3 is 0 Å². The molecule has 2 saturated heterocycles. The third-order valence-corrected chi connectivity index (χ3v) is 6.59. The summed E-state index contributed by atoms with van der Waals surface area (Å²) < 4.78 is 26.7. The summed E-state index contributed by atoms with van der Waals surface area (Å²) in [7, 11) is -3.96. The molecule has 0 aromatic heterocycles. The smallest absolute Gasteiger partial charge is 0.289 e. The van der Waals surface area contributed by atoms with Gasteiger partial charge in [-0.25, -0.2) is 8.42 Å². The Morgan fingerprint density at radius 3 is 2.42 bits per heavy atom. The van der Waals surface area contributed by atoms with Gasteiger partial charge in [0.2, 0.25) is 15.9 Å². The van der Waals surface area contributed by atoms with Crippen molar-refractivity contribution in [2.75, 3.05) is 39.3 Å². The standard InChI is InChI=1S/C15H20N4O5S.ClH/c20-15(12-5-6-16-11-12)17-7-9-18(10-8-17)25(23,24)14-4-2-1-3-13(14)19(21)22;/h1-4,12,16H,5-11H2;1H. The maximum absolute atomic E-state index is 12.8. The Hall–Kier alpha value is -1.75. The van der Waals surface area contributed by atoms with E-state index in [1.54, 1.807) is 4.90 Å². The van der Waals surface area contributed by atoms with Gasteiger partial charge in [0.05, 0.1) is 10.8 Å². The highest BCUT2D eigenvalue weighted by molar-refractivity contribution is 7.89. The normalized spacial score (nSPS) is 21.2. The minimum absolute atomic E-state index is 0. The number of benzene rings is 1. The number of halogens is 1. The van der Waals surface area contributed by atoms with Crippen LogP contribution in [0.15, 0.2) is 29.2 Å². The van der Waals surface area contributed by atoms with E-state index < -0.39 is 20.6 Å². The summed E-state index contributed by atoms with van der Waals surface area (Å²) >= 11 is 0. The van der Waals surface area contributed by atoms with Crippen molar-refractivity contribution in [3.8, 4) is 0 Å². The first-order valence-corrected chi connectivity index (χ1v) is 9.58. The number of sulfonamides is 1. The minimum Gasteiger partial charge on any atom is -0.340 e. The third-order valence-electron chi connectivity index (χ3n) is 4.64. The van der Waals surface area contributed by atoms with E-state index in [1.807, 2.05) is 0 Å². The van der Waals surface area contributed by atoms with Crippen molar-refractivity contribution in [1.29, 1.82) is 0 Å². The van der Waals surface area contributed by atoms with Crippen LogP contribution in [0.1, 0.15) is 6.42 Å². The number of nitro benzene ring substituents is 1. The maximum atomic E-state index is 12.8. The number of nitrogens with zero attached hydrogens (tertiary/aromatic N) is 3. The van der Waals surface area contributed by atoms with Crippen molar-refractivity contribution in [2.45, 2.75) is 11.3 Å². The number of carbonyl (C=O) groups is 1. The Morgan fingerprint density at radius 2 is 1.85 bits per heavy atom. The van der Waals surface area contributed by atoms with Crippen molar-refractivity contribution in [3.05, 3.63) is 34.4 Å². The molecule has 0 aliphatic carbocycles. The molecule has 1 aromatic carbocycles. The van der Waals surface area contributed by atoms with Gasteiger partial charge < -0.3 is 10.2 Å². The van der Waals surface area contributed by atoms with E-state index >= 15 is 0 Å². The SMILES string of the molecule is Cl.O=C(C1CCNC1)N1CCN(S(=O)(=O)c2ccccc2[N+](=O)[O-])CC1. The van der Waals surface area contributed by atoms with E-state index in [-0.39, 0.29) is 42.2 Å². The van der Waals surface area contributed by atoms with E-state index in [0.717, 1.165) is 13.0 Å². The minimum atomic E-state index is -3.96. The fourth-order valence-corrected chi connectivity index (χ4v) is 4.82. The lowest BCUT2D eigenvalue weighted by molar-refractivity contribution is -0.387. The highest BCUT2D eigenvalue weighted by atomic mass is 35.5. The zero-order valence-corrected chi connectivity index (χ0v) is 15.7. The van der Waals surface area contributed by atoms with Crippen LogP contribution in [0.25, 0.3) is 0 Å².